The number of rotatable bonds is 3. The number of halogens is 2. The van der Waals surface area contributed by atoms with Crippen LogP contribution in [0.1, 0.15) is 29.0 Å². The fraction of sp³-hybridized carbons (Fsp3) is 0.143. The van der Waals surface area contributed by atoms with Crippen LogP contribution in [0.5, 0.6) is 0 Å². The molecule has 1 N–H and O–H groups in total. The number of carbonyl (C=O) groups excluding carboxylic acids is 1. The molecule has 1 atom stereocenters. The number of pyridine rings is 1. The zero-order valence-corrected chi connectivity index (χ0v) is 11.8. The first-order valence-corrected chi connectivity index (χ1v) is 6.54. The van der Waals surface area contributed by atoms with E-state index in [-0.39, 0.29) is 11.7 Å². The van der Waals surface area contributed by atoms with Gasteiger partial charge in [-0.05, 0) is 36.8 Å². The maximum absolute atomic E-state index is 12.9. The fourth-order valence-electron chi connectivity index (χ4n) is 1.64. The molecule has 19 heavy (non-hydrogen) atoms. The van der Waals surface area contributed by atoms with E-state index in [0.29, 0.717) is 0 Å². The largest absolute Gasteiger partial charge is 0.344 e. The van der Waals surface area contributed by atoms with Crippen LogP contribution in [0.2, 0.25) is 0 Å². The predicted octanol–water partition coefficient (Wildman–Crippen LogP) is 3.47. The first-order chi connectivity index (χ1) is 9.06. The lowest BCUT2D eigenvalue weighted by Gasteiger charge is -2.14. The van der Waals surface area contributed by atoms with Crippen LogP contribution in [0, 0.1) is 5.95 Å². The van der Waals surface area contributed by atoms with E-state index in [2.05, 4.69) is 26.2 Å². The Kier molecular flexibility index (Phi) is 4.27. The molecule has 0 aliphatic carbocycles. The number of nitrogens with zero attached hydrogens (tertiary/aromatic N) is 1. The Morgan fingerprint density at radius 2 is 1.95 bits per heavy atom. The normalized spacial score (nSPS) is 11.9. The zero-order chi connectivity index (χ0) is 13.8. The van der Waals surface area contributed by atoms with Gasteiger partial charge < -0.3 is 5.32 Å². The standard InChI is InChI=1S/C14H12BrFN2O/c1-9(10-5-7-11(15)8-6-10)17-14(19)12-3-2-4-13(16)18-12/h2-9H,1H3,(H,17,19)/t9-/m0/s1. The van der Waals surface area contributed by atoms with Gasteiger partial charge in [-0.3, -0.25) is 4.79 Å². The van der Waals surface area contributed by atoms with Crippen molar-refractivity contribution in [3.8, 4) is 0 Å². The van der Waals surface area contributed by atoms with Crippen molar-refractivity contribution in [2.24, 2.45) is 0 Å². The average Bonchev–Trinajstić information content (AvgIpc) is 2.39. The third-order valence-electron chi connectivity index (χ3n) is 2.67. The summed E-state index contributed by atoms with van der Waals surface area (Å²) in [7, 11) is 0. The van der Waals surface area contributed by atoms with Crippen molar-refractivity contribution in [3.63, 3.8) is 0 Å². The maximum atomic E-state index is 12.9. The van der Waals surface area contributed by atoms with Crippen LogP contribution in [0.3, 0.4) is 0 Å². The molecule has 98 valence electrons. The van der Waals surface area contributed by atoms with Gasteiger partial charge in [-0.1, -0.05) is 34.1 Å². The van der Waals surface area contributed by atoms with Crippen LogP contribution in [-0.4, -0.2) is 10.9 Å². The molecular weight excluding hydrogens is 311 g/mol. The molecule has 0 aliphatic rings. The number of hydrogen-bond donors (Lipinski definition) is 1. The first kappa shape index (κ1) is 13.7. The molecule has 1 aromatic heterocycles. The molecule has 2 rings (SSSR count). The smallest absolute Gasteiger partial charge is 0.270 e. The summed E-state index contributed by atoms with van der Waals surface area (Å²) in [6.07, 6.45) is 0. The second-order valence-electron chi connectivity index (χ2n) is 4.09. The van der Waals surface area contributed by atoms with Crippen molar-refractivity contribution in [3.05, 3.63) is 64.1 Å². The van der Waals surface area contributed by atoms with Crippen molar-refractivity contribution >= 4 is 21.8 Å². The summed E-state index contributed by atoms with van der Waals surface area (Å²) in [5.41, 5.74) is 1.04. The molecule has 3 nitrogen and oxygen atoms in total. The highest BCUT2D eigenvalue weighted by atomic mass is 79.9. The molecule has 0 unspecified atom stereocenters. The number of aromatic nitrogens is 1. The zero-order valence-electron chi connectivity index (χ0n) is 10.2. The first-order valence-electron chi connectivity index (χ1n) is 5.75. The number of amides is 1. The number of nitrogens with one attached hydrogen (secondary N) is 1. The van der Waals surface area contributed by atoms with Crippen LogP contribution in [0.4, 0.5) is 4.39 Å². The minimum Gasteiger partial charge on any atom is -0.344 e. The van der Waals surface area contributed by atoms with Gasteiger partial charge in [-0.2, -0.15) is 4.39 Å². The predicted molar refractivity (Wildman–Crippen MR) is 74.2 cm³/mol. The lowest BCUT2D eigenvalue weighted by molar-refractivity contribution is 0.0933. The minimum atomic E-state index is -0.663. The Morgan fingerprint density at radius 1 is 1.26 bits per heavy atom. The summed E-state index contributed by atoms with van der Waals surface area (Å²) in [5, 5.41) is 2.78. The summed E-state index contributed by atoms with van der Waals surface area (Å²) < 4.78 is 13.9. The molecule has 0 radical (unpaired) electrons. The van der Waals surface area contributed by atoms with E-state index >= 15 is 0 Å². The van der Waals surface area contributed by atoms with Gasteiger partial charge >= 0.3 is 0 Å². The molecule has 0 aliphatic heterocycles. The van der Waals surface area contributed by atoms with E-state index < -0.39 is 11.9 Å². The van der Waals surface area contributed by atoms with Gasteiger partial charge in [0, 0.05) is 4.47 Å². The van der Waals surface area contributed by atoms with Crippen LogP contribution in [0.15, 0.2) is 46.9 Å². The Hall–Kier alpha value is -1.75. The molecule has 0 saturated heterocycles. The molecule has 2 aromatic rings. The Balaban J connectivity index is 2.08. The topological polar surface area (TPSA) is 42.0 Å². The molecule has 0 fully saturated rings. The highest BCUT2D eigenvalue weighted by Gasteiger charge is 2.12. The Morgan fingerprint density at radius 3 is 2.58 bits per heavy atom. The monoisotopic (exact) mass is 322 g/mol. The van der Waals surface area contributed by atoms with Gasteiger partial charge in [0.15, 0.2) is 0 Å². The highest BCUT2D eigenvalue weighted by Crippen LogP contribution is 2.16. The summed E-state index contributed by atoms with van der Waals surface area (Å²) in [4.78, 5) is 15.4. The van der Waals surface area contributed by atoms with Crippen LogP contribution < -0.4 is 5.32 Å². The summed E-state index contributed by atoms with van der Waals surface area (Å²) in [6.45, 7) is 1.86. The highest BCUT2D eigenvalue weighted by molar-refractivity contribution is 9.10. The van der Waals surface area contributed by atoms with Gasteiger partial charge in [0.25, 0.3) is 5.91 Å². The average molecular weight is 323 g/mol. The fourth-order valence-corrected chi connectivity index (χ4v) is 1.90. The molecule has 0 saturated carbocycles. The lowest BCUT2D eigenvalue weighted by atomic mass is 10.1. The molecule has 1 heterocycles. The van der Waals surface area contributed by atoms with Crippen LogP contribution in [0.25, 0.3) is 0 Å². The summed E-state index contributed by atoms with van der Waals surface area (Å²) in [6, 6.07) is 11.6. The maximum Gasteiger partial charge on any atom is 0.270 e. The molecule has 0 bridgehead atoms. The molecule has 1 aromatic carbocycles. The van der Waals surface area contributed by atoms with Crippen molar-refractivity contribution in [1.29, 1.82) is 0 Å². The quantitative estimate of drug-likeness (QED) is 0.879. The lowest BCUT2D eigenvalue weighted by Crippen LogP contribution is -2.27. The van der Waals surface area contributed by atoms with Crippen molar-refractivity contribution in [2.45, 2.75) is 13.0 Å². The van der Waals surface area contributed by atoms with Crippen molar-refractivity contribution in [2.75, 3.05) is 0 Å². The molecule has 5 heteroatoms. The SMILES string of the molecule is C[C@H](NC(=O)c1cccc(F)n1)c1ccc(Br)cc1. The van der Waals surface area contributed by atoms with Gasteiger partial charge in [0.1, 0.15) is 5.69 Å². The minimum absolute atomic E-state index is 0.0731. The molecule has 0 spiro atoms. The van der Waals surface area contributed by atoms with Crippen molar-refractivity contribution in [1.82, 2.24) is 10.3 Å². The van der Waals surface area contributed by atoms with Gasteiger partial charge in [-0.25, -0.2) is 4.98 Å². The third kappa shape index (κ3) is 3.61. The molecule has 1 amide bonds. The van der Waals surface area contributed by atoms with Gasteiger partial charge in [-0.15, -0.1) is 0 Å². The Bertz CT molecular complexity index is 586. The van der Waals surface area contributed by atoms with Crippen molar-refractivity contribution < 1.29 is 9.18 Å². The van der Waals surface area contributed by atoms with Crippen LogP contribution in [-0.2, 0) is 0 Å². The van der Waals surface area contributed by atoms with E-state index in [1.165, 1.54) is 18.2 Å². The van der Waals surface area contributed by atoms with E-state index in [0.717, 1.165) is 10.0 Å². The third-order valence-corrected chi connectivity index (χ3v) is 3.19. The van der Waals surface area contributed by atoms with Gasteiger partial charge in [0.05, 0.1) is 6.04 Å². The number of carbonyl (C=O) groups is 1. The van der Waals surface area contributed by atoms with E-state index in [1.807, 2.05) is 31.2 Å². The summed E-state index contributed by atoms with van der Waals surface area (Å²) in [5.74, 6) is -1.06. The van der Waals surface area contributed by atoms with E-state index in [4.69, 9.17) is 0 Å². The summed E-state index contributed by atoms with van der Waals surface area (Å²) >= 11 is 3.35. The Labute approximate surface area is 119 Å². The molecular formula is C14H12BrFN2O. The van der Waals surface area contributed by atoms with E-state index in [1.54, 1.807) is 0 Å². The van der Waals surface area contributed by atoms with Gasteiger partial charge in [0.2, 0.25) is 5.95 Å². The number of benzene rings is 1. The second-order valence-corrected chi connectivity index (χ2v) is 5.01. The van der Waals surface area contributed by atoms with Crippen LogP contribution >= 0.6 is 15.9 Å². The second kappa shape index (κ2) is 5.93. The van der Waals surface area contributed by atoms with E-state index in [9.17, 15) is 9.18 Å². The number of hydrogen-bond acceptors (Lipinski definition) is 2.